The molecular formula is C21H29FN6O3. The molecule has 1 aliphatic heterocycles. The van der Waals surface area contributed by atoms with Crippen molar-refractivity contribution >= 4 is 17.6 Å². The van der Waals surface area contributed by atoms with Crippen LogP contribution in [0.2, 0.25) is 0 Å². The third kappa shape index (κ3) is 7.65. The molecule has 9 nitrogen and oxygen atoms in total. The molecular weight excluding hydrogens is 403 g/mol. The zero-order valence-electron chi connectivity index (χ0n) is 17.6. The van der Waals surface area contributed by atoms with Crippen LogP contribution in [0.25, 0.3) is 0 Å². The first-order chi connectivity index (χ1) is 15.0. The van der Waals surface area contributed by atoms with Crippen molar-refractivity contribution in [2.24, 2.45) is 0 Å². The van der Waals surface area contributed by atoms with Crippen LogP contribution < -0.4 is 16.0 Å². The minimum atomic E-state index is -0.291. The van der Waals surface area contributed by atoms with E-state index in [4.69, 9.17) is 4.74 Å². The number of anilines is 1. The Morgan fingerprint density at radius 2 is 1.97 bits per heavy atom. The second-order valence-electron chi connectivity index (χ2n) is 7.54. The lowest BCUT2D eigenvalue weighted by atomic mass is 10.0. The molecule has 3 N–H and O–H groups in total. The first-order valence-electron chi connectivity index (χ1n) is 10.3. The molecule has 0 spiro atoms. The zero-order valence-corrected chi connectivity index (χ0v) is 17.6. The van der Waals surface area contributed by atoms with E-state index in [1.54, 1.807) is 25.4 Å². The van der Waals surface area contributed by atoms with Crippen molar-refractivity contribution in [3.63, 3.8) is 0 Å². The van der Waals surface area contributed by atoms with Crippen molar-refractivity contribution in [2.45, 2.75) is 32.0 Å². The maximum atomic E-state index is 13.0. The van der Waals surface area contributed by atoms with Gasteiger partial charge in [-0.15, -0.1) is 0 Å². The molecule has 1 aromatic heterocycles. The number of nitrogens with zero attached hydrogens (tertiary/aromatic N) is 3. The number of benzene rings is 1. The number of methoxy groups -OCH3 is 1. The predicted octanol–water partition coefficient (Wildman–Crippen LogP) is 1.57. The van der Waals surface area contributed by atoms with E-state index >= 15 is 0 Å². The number of ether oxygens (including phenoxy) is 1. The highest BCUT2D eigenvalue weighted by Gasteiger charge is 2.21. The normalized spacial score (nSPS) is 14.9. The van der Waals surface area contributed by atoms with Gasteiger partial charge in [0, 0.05) is 45.5 Å². The standard InChI is InChI=1S/C21H29FN6O3/c1-31-11-8-23-20(29)15-28-14-19(12-24-28)26-21(30)25-18-6-9-27(10-7-18)13-16-2-4-17(22)5-3-16/h2-5,12,14,18H,6-11,13,15H2,1H3,(H,23,29)(H2,25,26,30). The highest BCUT2D eigenvalue weighted by atomic mass is 19.1. The highest BCUT2D eigenvalue weighted by Crippen LogP contribution is 2.15. The Morgan fingerprint density at radius 3 is 2.68 bits per heavy atom. The number of carbonyl (C=O) groups excluding carboxylic acids is 2. The summed E-state index contributed by atoms with van der Waals surface area (Å²) in [4.78, 5) is 26.4. The molecule has 0 bridgehead atoms. The second kappa shape index (κ2) is 11.4. The molecule has 0 saturated carbocycles. The Balaban J connectivity index is 1.36. The topological polar surface area (TPSA) is 101 Å². The molecule has 168 valence electrons. The van der Waals surface area contributed by atoms with Gasteiger partial charge in [-0.1, -0.05) is 12.1 Å². The van der Waals surface area contributed by atoms with Gasteiger partial charge in [0.25, 0.3) is 0 Å². The van der Waals surface area contributed by atoms with Crippen LogP contribution in [0.1, 0.15) is 18.4 Å². The Bertz CT molecular complexity index is 849. The molecule has 0 aliphatic carbocycles. The van der Waals surface area contributed by atoms with Crippen molar-refractivity contribution in [3.05, 3.63) is 48.0 Å². The van der Waals surface area contributed by atoms with Gasteiger partial charge in [-0.2, -0.15) is 5.10 Å². The average Bonchev–Trinajstić information content (AvgIpc) is 3.17. The van der Waals surface area contributed by atoms with Gasteiger partial charge in [0.1, 0.15) is 12.4 Å². The Morgan fingerprint density at radius 1 is 1.23 bits per heavy atom. The van der Waals surface area contributed by atoms with E-state index in [1.807, 2.05) is 0 Å². The molecule has 0 atom stereocenters. The highest BCUT2D eigenvalue weighted by molar-refractivity contribution is 5.89. The summed E-state index contributed by atoms with van der Waals surface area (Å²) >= 11 is 0. The van der Waals surface area contributed by atoms with Gasteiger partial charge in [0.15, 0.2) is 0 Å². The molecule has 3 rings (SSSR count). The summed E-state index contributed by atoms with van der Waals surface area (Å²) in [6.07, 6.45) is 4.80. The van der Waals surface area contributed by atoms with Crippen LogP contribution in [-0.2, 0) is 22.6 Å². The first-order valence-corrected chi connectivity index (χ1v) is 10.3. The number of piperidine rings is 1. The van der Waals surface area contributed by atoms with Crippen LogP contribution in [0.3, 0.4) is 0 Å². The van der Waals surface area contributed by atoms with Gasteiger partial charge in [-0.3, -0.25) is 14.4 Å². The SMILES string of the molecule is COCCNC(=O)Cn1cc(NC(=O)NC2CCN(Cc3ccc(F)cc3)CC2)cn1. The van der Waals surface area contributed by atoms with Gasteiger partial charge < -0.3 is 20.7 Å². The summed E-state index contributed by atoms with van der Waals surface area (Å²) in [5.74, 6) is -0.405. The number of nitrogens with one attached hydrogen (secondary N) is 3. The van der Waals surface area contributed by atoms with E-state index < -0.39 is 0 Å². The van der Waals surface area contributed by atoms with Gasteiger partial charge in [-0.05, 0) is 30.5 Å². The largest absolute Gasteiger partial charge is 0.383 e. The molecule has 2 aromatic rings. The maximum Gasteiger partial charge on any atom is 0.319 e. The van der Waals surface area contributed by atoms with Crippen LogP contribution >= 0.6 is 0 Å². The molecule has 0 radical (unpaired) electrons. The maximum absolute atomic E-state index is 13.0. The van der Waals surface area contributed by atoms with Crippen LogP contribution in [-0.4, -0.2) is 66.0 Å². The molecule has 3 amide bonds. The monoisotopic (exact) mass is 432 g/mol. The number of hydrogen-bond donors (Lipinski definition) is 3. The van der Waals surface area contributed by atoms with Crippen LogP contribution in [0, 0.1) is 5.82 Å². The lowest BCUT2D eigenvalue weighted by Gasteiger charge is -2.32. The van der Waals surface area contributed by atoms with E-state index in [0.29, 0.717) is 18.8 Å². The Kier molecular flexibility index (Phi) is 8.36. The number of likely N-dealkylation sites (tertiary alicyclic amines) is 1. The number of hydrogen-bond acceptors (Lipinski definition) is 5. The molecule has 1 fully saturated rings. The number of halogens is 1. The Hall–Kier alpha value is -2.98. The van der Waals surface area contributed by atoms with Crippen LogP contribution in [0.4, 0.5) is 14.9 Å². The van der Waals surface area contributed by atoms with Crippen molar-refractivity contribution < 1.29 is 18.7 Å². The van der Waals surface area contributed by atoms with E-state index in [-0.39, 0.29) is 30.3 Å². The van der Waals surface area contributed by atoms with Crippen molar-refractivity contribution in [1.82, 2.24) is 25.3 Å². The fourth-order valence-electron chi connectivity index (χ4n) is 3.45. The molecule has 1 aliphatic rings. The van der Waals surface area contributed by atoms with Crippen molar-refractivity contribution in [2.75, 3.05) is 38.7 Å². The minimum absolute atomic E-state index is 0.0690. The average molecular weight is 433 g/mol. The Labute approximate surface area is 180 Å². The summed E-state index contributed by atoms with van der Waals surface area (Å²) in [5, 5.41) is 12.5. The predicted molar refractivity (Wildman–Crippen MR) is 114 cm³/mol. The lowest BCUT2D eigenvalue weighted by Crippen LogP contribution is -2.45. The van der Waals surface area contributed by atoms with Gasteiger partial charge in [-0.25, -0.2) is 9.18 Å². The van der Waals surface area contributed by atoms with Crippen molar-refractivity contribution in [3.8, 4) is 0 Å². The van der Waals surface area contributed by atoms with Gasteiger partial charge >= 0.3 is 6.03 Å². The lowest BCUT2D eigenvalue weighted by molar-refractivity contribution is -0.122. The molecule has 0 unspecified atom stereocenters. The van der Waals surface area contributed by atoms with E-state index in [2.05, 4.69) is 25.9 Å². The van der Waals surface area contributed by atoms with Crippen LogP contribution in [0.5, 0.6) is 0 Å². The van der Waals surface area contributed by atoms with Crippen LogP contribution in [0.15, 0.2) is 36.7 Å². The number of amides is 3. The number of urea groups is 1. The number of aromatic nitrogens is 2. The van der Waals surface area contributed by atoms with Gasteiger partial charge in [0.2, 0.25) is 5.91 Å². The minimum Gasteiger partial charge on any atom is -0.383 e. The van der Waals surface area contributed by atoms with E-state index in [1.165, 1.54) is 23.0 Å². The number of rotatable bonds is 9. The third-order valence-electron chi connectivity index (χ3n) is 5.07. The molecule has 31 heavy (non-hydrogen) atoms. The summed E-state index contributed by atoms with van der Waals surface area (Å²) in [6, 6.07) is 6.35. The summed E-state index contributed by atoms with van der Waals surface area (Å²) in [6.45, 7) is 3.45. The van der Waals surface area contributed by atoms with Crippen molar-refractivity contribution in [1.29, 1.82) is 0 Å². The summed E-state index contributed by atoms with van der Waals surface area (Å²) in [7, 11) is 1.57. The zero-order chi connectivity index (χ0) is 22.1. The quantitative estimate of drug-likeness (QED) is 0.523. The molecule has 1 aromatic carbocycles. The summed E-state index contributed by atoms with van der Waals surface area (Å²) in [5.41, 5.74) is 1.60. The summed E-state index contributed by atoms with van der Waals surface area (Å²) < 4.78 is 19.4. The number of carbonyl (C=O) groups is 2. The smallest absolute Gasteiger partial charge is 0.319 e. The molecule has 2 heterocycles. The third-order valence-corrected chi connectivity index (χ3v) is 5.07. The molecule has 10 heteroatoms. The fourth-order valence-corrected chi connectivity index (χ4v) is 3.45. The van der Waals surface area contributed by atoms with E-state index in [9.17, 15) is 14.0 Å². The van der Waals surface area contributed by atoms with Gasteiger partial charge in [0.05, 0.1) is 18.5 Å². The molecule has 1 saturated heterocycles. The second-order valence-corrected chi connectivity index (χ2v) is 7.54. The first kappa shape index (κ1) is 22.7. The fraction of sp³-hybridized carbons (Fsp3) is 0.476. The van der Waals surface area contributed by atoms with E-state index in [0.717, 1.165) is 38.0 Å².